The predicted molar refractivity (Wildman–Crippen MR) is 62.6 cm³/mol. The molecule has 0 fully saturated rings. The van der Waals surface area contributed by atoms with Crippen molar-refractivity contribution in [3.8, 4) is 0 Å². The maximum atomic E-state index is 5.54. The highest BCUT2D eigenvalue weighted by atomic mass is 32.2. The molecule has 0 atom stereocenters. The third-order valence-electron chi connectivity index (χ3n) is 2.30. The van der Waals surface area contributed by atoms with Crippen LogP contribution in [0.15, 0.2) is 12.5 Å². The highest BCUT2D eigenvalue weighted by Crippen LogP contribution is 2.23. The largest absolute Gasteiger partial charge is 0.333 e. The molecule has 14 heavy (non-hydrogen) atoms. The Balaban J connectivity index is 2.70. The van der Waals surface area contributed by atoms with E-state index in [2.05, 4.69) is 29.7 Å². The molecular weight excluding hydrogens is 194 g/mol. The van der Waals surface area contributed by atoms with Crippen LogP contribution >= 0.6 is 11.8 Å². The van der Waals surface area contributed by atoms with E-state index in [1.54, 1.807) is 0 Å². The van der Waals surface area contributed by atoms with Crippen molar-refractivity contribution in [1.82, 2.24) is 9.55 Å². The van der Waals surface area contributed by atoms with Crippen molar-refractivity contribution in [3.05, 3.63) is 18.2 Å². The molecule has 0 aliphatic rings. The summed E-state index contributed by atoms with van der Waals surface area (Å²) in [6.07, 6.45) is 6.84. The Morgan fingerprint density at radius 3 is 2.86 bits per heavy atom. The molecule has 1 aromatic rings. The summed E-state index contributed by atoms with van der Waals surface area (Å²) < 4.78 is 2.45. The number of aromatic nitrogens is 2. The molecule has 1 aromatic heterocycles. The van der Waals surface area contributed by atoms with Gasteiger partial charge in [0.1, 0.15) is 0 Å². The number of rotatable bonds is 5. The molecule has 3 nitrogen and oxygen atoms in total. The first-order valence-corrected chi connectivity index (χ1v) is 6.06. The number of hydrogen-bond donors (Lipinski definition) is 1. The summed E-state index contributed by atoms with van der Waals surface area (Å²) in [7, 11) is 0. The molecule has 0 aliphatic heterocycles. The number of nitrogens with zero attached hydrogens (tertiary/aromatic N) is 2. The Bertz CT molecular complexity index is 281. The van der Waals surface area contributed by atoms with Crippen molar-refractivity contribution < 1.29 is 0 Å². The van der Waals surface area contributed by atoms with Crippen LogP contribution in [0.4, 0.5) is 0 Å². The molecule has 0 saturated carbocycles. The van der Waals surface area contributed by atoms with Crippen LogP contribution in [0.2, 0.25) is 0 Å². The first-order chi connectivity index (χ1) is 6.59. The Morgan fingerprint density at radius 1 is 1.57 bits per heavy atom. The van der Waals surface area contributed by atoms with Gasteiger partial charge in [-0.2, -0.15) is 11.8 Å². The molecule has 80 valence electrons. The van der Waals surface area contributed by atoms with Crippen LogP contribution < -0.4 is 5.73 Å². The monoisotopic (exact) mass is 213 g/mol. The lowest BCUT2D eigenvalue weighted by Gasteiger charge is -2.23. The maximum absolute atomic E-state index is 5.54. The maximum Gasteiger partial charge on any atom is 0.0948 e. The summed E-state index contributed by atoms with van der Waals surface area (Å²) in [5.41, 5.74) is 6.77. The zero-order chi connectivity index (χ0) is 10.6. The summed E-state index contributed by atoms with van der Waals surface area (Å²) in [6, 6.07) is 0. The molecule has 0 amide bonds. The van der Waals surface area contributed by atoms with Gasteiger partial charge in [-0.05, 0) is 26.6 Å². The van der Waals surface area contributed by atoms with Gasteiger partial charge in [0.05, 0.1) is 6.33 Å². The van der Waals surface area contributed by atoms with Gasteiger partial charge in [0.15, 0.2) is 0 Å². The minimum absolute atomic E-state index is 0.254. The van der Waals surface area contributed by atoms with Crippen LogP contribution in [-0.4, -0.2) is 27.1 Å². The van der Waals surface area contributed by atoms with Gasteiger partial charge in [0.2, 0.25) is 0 Å². The second-order valence-electron chi connectivity index (χ2n) is 4.02. The first-order valence-electron chi connectivity index (χ1n) is 4.83. The lowest BCUT2D eigenvalue weighted by Crippen LogP contribution is -2.23. The van der Waals surface area contributed by atoms with Gasteiger partial charge in [-0.15, -0.1) is 0 Å². The van der Waals surface area contributed by atoms with E-state index in [1.807, 2.05) is 24.3 Å². The number of imidazole rings is 1. The average Bonchev–Trinajstić information content (AvgIpc) is 2.53. The Morgan fingerprint density at radius 2 is 2.29 bits per heavy atom. The van der Waals surface area contributed by atoms with Gasteiger partial charge in [0, 0.05) is 29.6 Å². The smallest absolute Gasteiger partial charge is 0.0948 e. The third kappa shape index (κ3) is 3.03. The van der Waals surface area contributed by atoms with E-state index in [0.29, 0.717) is 6.54 Å². The van der Waals surface area contributed by atoms with Gasteiger partial charge in [0.25, 0.3) is 0 Å². The van der Waals surface area contributed by atoms with E-state index in [9.17, 15) is 0 Å². The molecule has 0 unspecified atom stereocenters. The van der Waals surface area contributed by atoms with E-state index in [0.717, 1.165) is 13.0 Å². The fourth-order valence-electron chi connectivity index (χ4n) is 1.32. The van der Waals surface area contributed by atoms with Crippen LogP contribution in [0.5, 0.6) is 0 Å². The minimum Gasteiger partial charge on any atom is -0.333 e. The quantitative estimate of drug-likeness (QED) is 0.806. The number of hydrogen-bond acceptors (Lipinski definition) is 3. The summed E-state index contributed by atoms with van der Waals surface area (Å²) >= 11 is 1.87. The van der Waals surface area contributed by atoms with Gasteiger partial charge < -0.3 is 10.3 Å². The van der Waals surface area contributed by atoms with Crippen molar-refractivity contribution in [2.45, 2.75) is 31.6 Å². The average molecular weight is 213 g/mol. The van der Waals surface area contributed by atoms with Gasteiger partial charge in [-0.25, -0.2) is 4.98 Å². The Labute approximate surface area is 90.1 Å². The molecule has 1 rings (SSSR count). The van der Waals surface area contributed by atoms with Gasteiger partial charge >= 0.3 is 0 Å². The highest BCUT2D eigenvalue weighted by Gasteiger charge is 2.17. The summed E-state index contributed by atoms with van der Waals surface area (Å²) in [4.78, 5) is 4.16. The zero-order valence-electron chi connectivity index (χ0n) is 9.16. The van der Waals surface area contributed by atoms with Crippen LogP contribution in [0.3, 0.4) is 0 Å². The van der Waals surface area contributed by atoms with Crippen LogP contribution in [-0.2, 0) is 13.0 Å². The van der Waals surface area contributed by atoms with Crippen LogP contribution in [0.25, 0.3) is 0 Å². The predicted octanol–water partition coefficient (Wildman–Crippen LogP) is 1.53. The van der Waals surface area contributed by atoms with E-state index in [1.165, 1.54) is 5.69 Å². The molecular formula is C10H19N3S. The lowest BCUT2D eigenvalue weighted by atomic mass is 10.2. The van der Waals surface area contributed by atoms with Crippen molar-refractivity contribution >= 4 is 11.8 Å². The van der Waals surface area contributed by atoms with E-state index < -0.39 is 0 Å². The second kappa shape index (κ2) is 4.84. The van der Waals surface area contributed by atoms with E-state index in [-0.39, 0.29) is 4.75 Å². The second-order valence-corrected chi connectivity index (χ2v) is 5.53. The van der Waals surface area contributed by atoms with Crippen molar-refractivity contribution in [2.24, 2.45) is 5.73 Å². The molecule has 0 aromatic carbocycles. The molecule has 0 radical (unpaired) electrons. The molecule has 0 bridgehead atoms. The van der Waals surface area contributed by atoms with Crippen molar-refractivity contribution in [2.75, 3.05) is 12.8 Å². The van der Waals surface area contributed by atoms with Crippen LogP contribution in [0, 0.1) is 0 Å². The lowest BCUT2D eigenvalue weighted by molar-refractivity contribution is 0.550. The fraction of sp³-hybridized carbons (Fsp3) is 0.700. The van der Waals surface area contributed by atoms with E-state index in [4.69, 9.17) is 5.73 Å². The third-order valence-corrected chi connectivity index (χ3v) is 3.54. The summed E-state index contributed by atoms with van der Waals surface area (Å²) in [5.74, 6) is 0. The summed E-state index contributed by atoms with van der Waals surface area (Å²) in [5, 5.41) is 0. The van der Waals surface area contributed by atoms with Crippen LogP contribution in [0.1, 0.15) is 19.5 Å². The van der Waals surface area contributed by atoms with Gasteiger partial charge in [-0.3, -0.25) is 0 Å². The highest BCUT2D eigenvalue weighted by molar-refractivity contribution is 7.99. The number of thioether (sulfide) groups is 1. The van der Waals surface area contributed by atoms with Crippen molar-refractivity contribution in [1.29, 1.82) is 0 Å². The van der Waals surface area contributed by atoms with Crippen molar-refractivity contribution in [3.63, 3.8) is 0 Å². The normalized spacial score (nSPS) is 12.0. The Hall–Kier alpha value is -0.480. The molecule has 2 N–H and O–H groups in total. The molecule has 0 aliphatic carbocycles. The van der Waals surface area contributed by atoms with Gasteiger partial charge in [-0.1, -0.05) is 0 Å². The van der Waals surface area contributed by atoms with E-state index >= 15 is 0 Å². The SMILES string of the molecule is CSC(C)(C)Cn1cncc1CCN. The first kappa shape index (κ1) is 11.6. The zero-order valence-corrected chi connectivity index (χ0v) is 9.97. The minimum atomic E-state index is 0.254. The topological polar surface area (TPSA) is 43.8 Å². The summed E-state index contributed by atoms with van der Waals surface area (Å²) in [6.45, 7) is 6.16. The molecule has 4 heteroatoms. The fourth-order valence-corrected chi connectivity index (χ4v) is 1.59. The molecule has 1 heterocycles. The number of nitrogens with two attached hydrogens (primary N) is 1. The standard InChI is InChI=1S/C10H19N3S/c1-10(2,14-3)7-13-8-12-6-9(13)4-5-11/h6,8H,4-5,7,11H2,1-3H3. The molecule has 0 saturated heterocycles. The molecule has 0 spiro atoms. The Kier molecular flexibility index (Phi) is 4.01.